The molecule has 1 atom stereocenters. The van der Waals surface area contributed by atoms with E-state index in [1.54, 1.807) is 24.5 Å². The number of ether oxygens (including phenoxy) is 1. The first-order valence-electron chi connectivity index (χ1n) is 10.5. The van der Waals surface area contributed by atoms with Gasteiger partial charge in [0.1, 0.15) is 11.9 Å². The summed E-state index contributed by atoms with van der Waals surface area (Å²) in [6, 6.07) is 8.55. The molecule has 4 rings (SSSR count). The quantitative estimate of drug-likeness (QED) is 0.770. The maximum Gasteiger partial charge on any atom is 0.414 e. The highest BCUT2D eigenvalue weighted by atomic mass is 19.1. The fraction of sp³-hybridized carbons (Fsp3) is 0.292. The van der Waals surface area contributed by atoms with Crippen LogP contribution in [-0.4, -0.2) is 42.7 Å². The molecule has 1 aromatic heterocycles. The Morgan fingerprint density at radius 3 is 2.84 bits per heavy atom. The number of hydrogen-bond acceptors (Lipinski definition) is 5. The molecule has 1 saturated heterocycles. The molecule has 1 aromatic carbocycles. The zero-order chi connectivity index (χ0) is 22.7. The van der Waals surface area contributed by atoms with Crippen molar-refractivity contribution in [3.8, 4) is 0 Å². The van der Waals surface area contributed by atoms with Crippen LogP contribution in [0.1, 0.15) is 25.8 Å². The molecule has 2 aliphatic heterocycles. The van der Waals surface area contributed by atoms with Crippen LogP contribution in [0, 0.1) is 5.82 Å². The third kappa shape index (κ3) is 4.64. The van der Waals surface area contributed by atoms with Gasteiger partial charge in [-0.1, -0.05) is 11.6 Å². The summed E-state index contributed by atoms with van der Waals surface area (Å²) in [5.41, 5.74) is 3.80. The molecule has 0 spiro atoms. The van der Waals surface area contributed by atoms with Crippen LogP contribution in [0.25, 0.3) is 5.70 Å². The lowest BCUT2D eigenvalue weighted by molar-refractivity contribution is -0.119. The minimum Gasteiger partial charge on any atom is -0.442 e. The van der Waals surface area contributed by atoms with E-state index in [1.165, 1.54) is 23.5 Å². The number of anilines is 2. The van der Waals surface area contributed by atoms with Crippen molar-refractivity contribution >= 4 is 29.1 Å². The van der Waals surface area contributed by atoms with Crippen molar-refractivity contribution in [2.45, 2.75) is 26.4 Å². The molecule has 8 heteroatoms. The first-order chi connectivity index (χ1) is 15.4. The highest BCUT2D eigenvalue weighted by Crippen LogP contribution is 2.34. The Morgan fingerprint density at radius 2 is 2.12 bits per heavy atom. The summed E-state index contributed by atoms with van der Waals surface area (Å²) in [6.45, 7) is 4.53. The average Bonchev–Trinajstić information content (AvgIpc) is 3.04. The van der Waals surface area contributed by atoms with Crippen LogP contribution in [0.3, 0.4) is 0 Å². The van der Waals surface area contributed by atoms with Gasteiger partial charge in [-0.05, 0) is 49.8 Å². The Morgan fingerprint density at radius 1 is 1.28 bits per heavy atom. The van der Waals surface area contributed by atoms with Gasteiger partial charge < -0.3 is 15.0 Å². The third-order valence-electron chi connectivity index (χ3n) is 5.49. The van der Waals surface area contributed by atoms with Crippen molar-refractivity contribution in [2.24, 2.45) is 0 Å². The number of nitrogens with one attached hydrogen (secondary N) is 1. The van der Waals surface area contributed by atoms with Crippen LogP contribution < -0.4 is 15.1 Å². The summed E-state index contributed by atoms with van der Waals surface area (Å²) in [4.78, 5) is 30.9. The summed E-state index contributed by atoms with van der Waals surface area (Å²) in [5, 5.41) is 2.63. The fourth-order valence-corrected chi connectivity index (χ4v) is 3.80. The van der Waals surface area contributed by atoms with E-state index in [9.17, 15) is 9.59 Å². The number of amides is 2. The molecule has 1 unspecified atom stereocenters. The Balaban J connectivity index is 1.59. The standard InChI is InChI=1S/C24H25FN4O3/c1-16-5-7-22(18-4-3-10-26-13-18)28(11-9-16)23-8-6-19(12-21(23)25)29-15-20(32-24(29)31)14-27-17(2)30/h3-8,10,12-13,20H,9,11,14-15H2,1-2H3,(H,27,30). The van der Waals surface area contributed by atoms with E-state index in [0.29, 0.717) is 17.9 Å². The Labute approximate surface area is 186 Å². The van der Waals surface area contributed by atoms with Crippen LogP contribution in [0.5, 0.6) is 0 Å². The van der Waals surface area contributed by atoms with Crippen LogP contribution in [0.4, 0.5) is 20.6 Å². The molecule has 0 saturated carbocycles. The number of carbonyl (C=O) groups excluding carboxylic acids is 2. The third-order valence-corrected chi connectivity index (χ3v) is 5.49. The lowest BCUT2D eigenvalue weighted by atomic mass is 10.1. The Bertz CT molecular complexity index is 1080. The van der Waals surface area contributed by atoms with Crippen molar-refractivity contribution in [1.82, 2.24) is 10.3 Å². The minimum absolute atomic E-state index is 0.199. The zero-order valence-electron chi connectivity index (χ0n) is 18.0. The molecule has 166 valence electrons. The van der Waals surface area contributed by atoms with Gasteiger partial charge in [-0.2, -0.15) is 0 Å². The molecule has 7 nitrogen and oxygen atoms in total. The van der Waals surface area contributed by atoms with Gasteiger partial charge in [-0.15, -0.1) is 0 Å². The number of benzene rings is 1. The second kappa shape index (κ2) is 9.21. The number of carbonyl (C=O) groups is 2. The summed E-state index contributed by atoms with van der Waals surface area (Å²) >= 11 is 0. The monoisotopic (exact) mass is 436 g/mol. The molecule has 0 aliphatic carbocycles. The summed E-state index contributed by atoms with van der Waals surface area (Å²) in [6.07, 6.45) is 7.25. The van der Waals surface area contributed by atoms with Crippen molar-refractivity contribution in [1.29, 1.82) is 0 Å². The van der Waals surface area contributed by atoms with Gasteiger partial charge in [-0.3, -0.25) is 14.7 Å². The number of allylic oxidation sites excluding steroid dienone is 2. The van der Waals surface area contributed by atoms with E-state index >= 15 is 4.39 Å². The fourth-order valence-electron chi connectivity index (χ4n) is 3.80. The minimum atomic E-state index is -0.557. The van der Waals surface area contributed by atoms with Gasteiger partial charge in [0, 0.05) is 31.4 Å². The summed E-state index contributed by atoms with van der Waals surface area (Å²) < 4.78 is 20.6. The molecule has 1 fully saturated rings. The molecule has 2 aliphatic rings. The average molecular weight is 436 g/mol. The number of hydrogen-bond donors (Lipinski definition) is 1. The van der Waals surface area contributed by atoms with Gasteiger partial charge in [0.05, 0.1) is 30.2 Å². The topological polar surface area (TPSA) is 74.8 Å². The number of aromatic nitrogens is 1. The van der Waals surface area contributed by atoms with Crippen molar-refractivity contribution in [3.63, 3.8) is 0 Å². The van der Waals surface area contributed by atoms with Crippen LogP contribution >= 0.6 is 0 Å². The van der Waals surface area contributed by atoms with E-state index in [-0.39, 0.29) is 19.0 Å². The zero-order valence-corrected chi connectivity index (χ0v) is 18.0. The van der Waals surface area contributed by atoms with Crippen molar-refractivity contribution in [2.75, 3.05) is 29.4 Å². The number of pyridine rings is 1. The second-order valence-corrected chi connectivity index (χ2v) is 7.90. The van der Waals surface area contributed by atoms with Crippen LogP contribution in [0.15, 0.2) is 60.5 Å². The van der Waals surface area contributed by atoms with E-state index in [1.807, 2.05) is 29.2 Å². The Kier molecular flexibility index (Phi) is 6.20. The number of cyclic esters (lactones) is 1. The van der Waals surface area contributed by atoms with Crippen molar-refractivity contribution in [3.05, 3.63) is 71.8 Å². The molecule has 32 heavy (non-hydrogen) atoms. The first kappa shape index (κ1) is 21.5. The molecule has 0 radical (unpaired) electrons. The smallest absolute Gasteiger partial charge is 0.414 e. The lowest BCUT2D eigenvalue weighted by Gasteiger charge is -2.28. The first-order valence-corrected chi connectivity index (χ1v) is 10.5. The predicted molar refractivity (Wildman–Crippen MR) is 121 cm³/mol. The summed E-state index contributed by atoms with van der Waals surface area (Å²) in [7, 11) is 0. The van der Waals surface area contributed by atoms with E-state index in [4.69, 9.17) is 4.74 Å². The van der Waals surface area contributed by atoms with Gasteiger partial charge in [-0.25, -0.2) is 9.18 Å². The SMILES string of the molecule is CC(=O)NCC1CN(c2ccc(N3CCC(C)=CC=C3c3cccnc3)c(F)c2)C(=O)O1. The summed E-state index contributed by atoms with van der Waals surface area (Å²) in [5.74, 6) is -0.635. The van der Waals surface area contributed by atoms with E-state index < -0.39 is 18.0 Å². The molecular formula is C24H25FN4O3. The maximum atomic E-state index is 15.3. The molecule has 1 N–H and O–H groups in total. The highest BCUT2D eigenvalue weighted by Gasteiger charge is 2.33. The highest BCUT2D eigenvalue weighted by molar-refractivity contribution is 5.90. The van der Waals surface area contributed by atoms with Gasteiger partial charge >= 0.3 is 6.09 Å². The molecule has 3 heterocycles. The van der Waals surface area contributed by atoms with E-state index in [0.717, 1.165) is 17.7 Å². The van der Waals surface area contributed by atoms with E-state index in [2.05, 4.69) is 17.2 Å². The number of rotatable bonds is 5. The van der Waals surface area contributed by atoms with Gasteiger partial charge in [0.25, 0.3) is 0 Å². The molecule has 2 aromatic rings. The van der Waals surface area contributed by atoms with Crippen LogP contribution in [-0.2, 0) is 9.53 Å². The molecule has 0 bridgehead atoms. The predicted octanol–water partition coefficient (Wildman–Crippen LogP) is 3.88. The normalized spacial score (nSPS) is 18.6. The van der Waals surface area contributed by atoms with Crippen LogP contribution in [0.2, 0.25) is 0 Å². The molecule has 2 amide bonds. The second-order valence-electron chi connectivity index (χ2n) is 7.90. The molecular weight excluding hydrogens is 411 g/mol. The maximum absolute atomic E-state index is 15.3. The number of nitrogens with zero attached hydrogens (tertiary/aromatic N) is 3. The van der Waals surface area contributed by atoms with Gasteiger partial charge in [0.2, 0.25) is 5.91 Å². The van der Waals surface area contributed by atoms with Crippen molar-refractivity contribution < 1.29 is 18.7 Å². The number of halogens is 1. The lowest BCUT2D eigenvalue weighted by Crippen LogP contribution is -2.33. The largest absolute Gasteiger partial charge is 0.442 e. The van der Waals surface area contributed by atoms with Gasteiger partial charge in [0.15, 0.2) is 0 Å². The Hall–Kier alpha value is -3.68.